The van der Waals surface area contributed by atoms with E-state index >= 15 is 0 Å². The average Bonchev–Trinajstić information content (AvgIpc) is 3.14. The molecule has 1 aliphatic carbocycles. The second-order valence-electron chi connectivity index (χ2n) is 8.85. The molecule has 200 valence electrons. The third-order valence-electron chi connectivity index (χ3n) is 6.75. The van der Waals surface area contributed by atoms with Gasteiger partial charge in [-0.1, -0.05) is 30.3 Å². The van der Waals surface area contributed by atoms with Crippen molar-refractivity contribution in [3.8, 4) is 0 Å². The van der Waals surface area contributed by atoms with Crippen LogP contribution in [0.3, 0.4) is 0 Å². The summed E-state index contributed by atoms with van der Waals surface area (Å²) in [5.74, 6) is -2.34. The molecule has 1 saturated carbocycles. The zero-order chi connectivity index (χ0) is 27.0. The fourth-order valence-corrected chi connectivity index (χ4v) is 9.03. The van der Waals surface area contributed by atoms with Gasteiger partial charge >= 0.3 is 15.5 Å². The smallest absolute Gasteiger partial charge is 0.221 e. The van der Waals surface area contributed by atoms with Crippen molar-refractivity contribution in [1.82, 2.24) is 13.0 Å². The van der Waals surface area contributed by atoms with E-state index in [1.54, 1.807) is 6.07 Å². The molecule has 2 heterocycles. The summed E-state index contributed by atoms with van der Waals surface area (Å²) in [7, 11) is -14.7. The first kappa shape index (κ1) is 26.1. The van der Waals surface area contributed by atoms with Crippen LogP contribution in [-0.2, 0) is 30.1 Å². The Balaban J connectivity index is 1.45. The molecule has 1 aliphatic heterocycles. The number of halogens is 4. The van der Waals surface area contributed by atoms with Crippen LogP contribution in [0.2, 0.25) is 0 Å². The molecular weight excluding hydrogens is 562 g/mol. The van der Waals surface area contributed by atoms with Crippen LogP contribution in [0.1, 0.15) is 0 Å². The second kappa shape index (κ2) is 8.49. The van der Waals surface area contributed by atoms with E-state index in [4.69, 9.17) is 0 Å². The van der Waals surface area contributed by atoms with E-state index < -0.39 is 75.6 Å². The summed E-state index contributed by atoms with van der Waals surface area (Å²) in [6.45, 7) is -0.758. The number of sulfonamides is 2. The van der Waals surface area contributed by atoms with Crippen LogP contribution in [0.4, 0.5) is 17.6 Å². The molecule has 9 nitrogen and oxygen atoms in total. The summed E-state index contributed by atoms with van der Waals surface area (Å²) >= 11 is 0. The first-order valence-electron chi connectivity index (χ1n) is 10.8. The highest BCUT2D eigenvalue weighted by atomic mass is 32.2. The number of rotatable bonds is 7. The fraction of sp³-hybridized carbons (Fsp3) is 0.333. The molecule has 1 N–H and O–H groups in total. The van der Waals surface area contributed by atoms with E-state index in [-0.39, 0.29) is 24.0 Å². The van der Waals surface area contributed by atoms with Crippen LogP contribution in [0.15, 0.2) is 64.5 Å². The van der Waals surface area contributed by atoms with Gasteiger partial charge in [0.25, 0.3) is 20.0 Å². The SMILES string of the molecule is O=S(=O)(c1cc2ccccc2n1S(=O)(=O)c1ccccc1F)N1CC2C(CNS(=O)(=O)C(F)(F)F)C2C1. The summed E-state index contributed by atoms with van der Waals surface area (Å²) in [5, 5.41) is -0.322. The quantitative estimate of drug-likeness (QED) is 0.428. The van der Waals surface area contributed by atoms with E-state index in [0.717, 1.165) is 16.4 Å². The maximum absolute atomic E-state index is 14.5. The molecule has 2 atom stereocenters. The van der Waals surface area contributed by atoms with Gasteiger partial charge in [-0.3, -0.25) is 0 Å². The Morgan fingerprint density at radius 1 is 0.865 bits per heavy atom. The zero-order valence-corrected chi connectivity index (χ0v) is 21.1. The molecule has 2 fully saturated rings. The molecule has 2 aromatic carbocycles. The third-order valence-corrected chi connectivity index (χ3v) is 11.6. The Kier molecular flexibility index (Phi) is 5.99. The topological polar surface area (TPSA) is 123 Å². The number of hydrogen-bond donors (Lipinski definition) is 1. The fourth-order valence-electron chi connectivity index (χ4n) is 4.81. The summed E-state index contributed by atoms with van der Waals surface area (Å²) < 4.78 is 132. The van der Waals surface area contributed by atoms with Gasteiger partial charge in [0.05, 0.1) is 5.52 Å². The van der Waals surface area contributed by atoms with E-state index in [1.807, 2.05) is 0 Å². The van der Waals surface area contributed by atoms with Gasteiger partial charge in [0, 0.05) is 25.0 Å². The van der Waals surface area contributed by atoms with Gasteiger partial charge in [0.15, 0.2) is 5.03 Å². The number of para-hydroxylation sites is 1. The standard InChI is InChI=1S/C21H19F4N3O6S3/c22-17-6-2-4-8-19(17)35(29,30)28-18-7-3-1-5-13(18)9-20(28)36(31,32)27-11-15-14(16(15)12-27)10-26-37(33,34)21(23,24)25/h1-9,14-16,26H,10-12H2. The zero-order valence-electron chi connectivity index (χ0n) is 18.6. The van der Waals surface area contributed by atoms with Crippen molar-refractivity contribution < 1.29 is 42.8 Å². The van der Waals surface area contributed by atoms with Crippen molar-refractivity contribution in [3.05, 3.63) is 60.4 Å². The number of nitrogens with zero attached hydrogens (tertiary/aromatic N) is 2. The van der Waals surface area contributed by atoms with Gasteiger partial charge in [-0.05, 0) is 42.0 Å². The molecule has 5 rings (SSSR count). The molecule has 3 aromatic rings. The summed E-state index contributed by atoms with van der Waals surface area (Å²) in [4.78, 5) is -0.714. The molecule has 1 saturated heterocycles. The first-order chi connectivity index (χ1) is 17.2. The highest BCUT2D eigenvalue weighted by Gasteiger charge is 2.59. The molecule has 0 radical (unpaired) electrons. The van der Waals surface area contributed by atoms with Crippen LogP contribution in [0, 0.1) is 23.6 Å². The van der Waals surface area contributed by atoms with Crippen molar-refractivity contribution in [2.45, 2.75) is 15.4 Å². The van der Waals surface area contributed by atoms with Crippen LogP contribution in [-0.4, -0.2) is 58.7 Å². The van der Waals surface area contributed by atoms with Crippen molar-refractivity contribution in [2.75, 3.05) is 19.6 Å². The highest BCUT2D eigenvalue weighted by Crippen LogP contribution is 2.52. The lowest BCUT2D eigenvalue weighted by Crippen LogP contribution is -2.39. The molecule has 37 heavy (non-hydrogen) atoms. The highest BCUT2D eigenvalue weighted by molar-refractivity contribution is 7.92. The lowest BCUT2D eigenvalue weighted by Gasteiger charge is -2.21. The van der Waals surface area contributed by atoms with Crippen LogP contribution >= 0.6 is 0 Å². The van der Waals surface area contributed by atoms with Crippen molar-refractivity contribution >= 4 is 41.0 Å². The molecule has 16 heteroatoms. The minimum atomic E-state index is -5.52. The number of hydrogen-bond acceptors (Lipinski definition) is 6. The Morgan fingerprint density at radius 3 is 2.08 bits per heavy atom. The van der Waals surface area contributed by atoms with Gasteiger partial charge in [0.1, 0.15) is 10.7 Å². The van der Waals surface area contributed by atoms with Gasteiger partial charge < -0.3 is 0 Å². The van der Waals surface area contributed by atoms with Crippen LogP contribution < -0.4 is 4.72 Å². The van der Waals surface area contributed by atoms with Gasteiger partial charge in [-0.25, -0.2) is 38.3 Å². The molecule has 1 aromatic heterocycles. The number of piperidine rings is 1. The van der Waals surface area contributed by atoms with Crippen molar-refractivity contribution in [3.63, 3.8) is 0 Å². The molecule has 0 bridgehead atoms. The predicted molar refractivity (Wildman–Crippen MR) is 123 cm³/mol. The lowest BCUT2D eigenvalue weighted by molar-refractivity contribution is -0.0448. The number of nitrogens with one attached hydrogen (secondary N) is 1. The van der Waals surface area contributed by atoms with Crippen molar-refractivity contribution in [2.24, 2.45) is 17.8 Å². The van der Waals surface area contributed by atoms with Gasteiger partial charge in [-0.2, -0.15) is 17.5 Å². The number of alkyl halides is 3. The van der Waals surface area contributed by atoms with Crippen LogP contribution in [0.5, 0.6) is 0 Å². The second-order valence-corrected chi connectivity index (χ2v) is 14.3. The normalized spacial score (nSPS) is 22.9. The minimum absolute atomic E-state index is 0.0214. The Labute approximate surface area is 209 Å². The van der Waals surface area contributed by atoms with Gasteiger partial charge in [0.2, 0.25) is 0 Å². The summed E-state index contributed by atoms with van der Waals surface area (Å²) in [5.41, 5.74) is -5.43. The summed E-state index contributed by atoms with van der Waals surface area (Å²) in [6.07, 6.45) is 0. The van der Waals surface area contributed by atoms with Gasteiger partial charge in [-0.15, -0.1) is 0 Å². The number of fused-ring (bicyclic) bond motifs is 2. The first-order valence-corrected chi connectivity index (χ1v) is 15.2. The monoisotopic (exact) mass is 581 g/mol. The maximum atomic E-state index is 14.5. The Morgan fingerprint density at radius 2 is 1.46 bits per heavy atom. The molecule has 2 unspecified atom stereocenters. The number of benzene rings is 2. The maximum Gasteiger partial charge on any atom is 0.511 e. The molecular formula is C21H19F4N3O6S3. The van der Waals surface area contributed by atoms with E-state index in [0.29, 0.717) is 3.97 Å². The molecule has 0 amide bonds. The Hall–Kier alpha value is -2.53. The molecule has 0 spiro atoms. The van der Waals surface area contributed by atoms with Crippen molar-refractivity contribution in [1.29, 1.82) is 0 Å². The van der Waals surface area contributed by atoms with Crippen LogP contribution in [0.25, 0.3) is 10.9 Å². The average molecular weight is 582 g/mol. The predicted octanol–water partition coefficient (Wildman–Crippen LogP) is 2.32. The lowest BCUT2D eigenvalue weighted by atomic mass is 10.3. The van der Waals surface area contributed by atoms with E-state index in [9.17, 15) is 42.8 Å². The molecule has 2 aliphatic rings. The third kappa shape index (κ3) is 4.24. The Bertz CT molecular complexity index is 1710. The summed E-state index contributed by atoms with van der Waals surface area (Å²) in [6, 6.07) is 11.7. The number of aromatic nitrogens is 1. The van der Waals surface area contributed by atoms with E-state index in [2.05, 4.69) is 0 Å². The largest absolute Gasteiger partial charge is 0.511 e. The van der Waals surface area contributed by atoms with E-state index in [1.165, 1.54) is 41.1 Å². The minimum Gasteiger partial charge on any atom is -0.221 e.